The SMILES string of the molecule is CCCN(CC(=O)O)C(=O)COc1c(C)cc(C)cc1C. The van der Waals surface area contributed by atoms with Gasteiger partial charge in [-0.15, -0.1) is 0 Å². The zero-order valence-electron chi connectivity index (χ0n) is 13.1. The first-order valence-electron chi connectivity index (χ1n) is 7.05. The van der Waals surface area contributed by atoms with Crippen LogP contribution in [0.25, 0.3) is 0 Å². The standard InChI is InChI=1S/C16H23NO4/c1-5-6-17(9-15(19)20)14(18)10-21-16-12(3)7-11(2)8-13(16)4/h7-8H,5-6,9-10H2,1-4H3,(H,19,20). The molecule has 116 valence electrons. The molecule has 0 saturated carbocycles. The molecule has 0 saturated heterocycles. The second kappa shape index (κ2) is 7.67. The molecule has 0 radical (unpaired) electrons. The minimum atomic E-state index is -1.01. The Bertz CT molecular complexity index is 502. The van der Waals surface area contributed by atoms with Crippen LogP contribution in [0.5, 0.6) is 5.75 Å². The number of aliphatic carboxylic acids is 1. The van der Waals surface area contributed by atoms with Crippen LogP contribution < -0.4 is 4.74 Å². The number of benzene rings is 1. The number of carbonyl (C=O) groups excluding carboxylic acids is 1. The molecule has 1 aromatic rings. The van der Waals surface area contributed by atoms with E-state index in [0.717, 1.165) is 16.7 Å². The van der Waals surface area contributed by atoms with E-state index < -0.39 is 5.97 Å². The first-order valence-corrected chi connectivity index (χ1v) is 7.05. The van der Waals surface area contributed by atoms with Crippen molar-refractivity contribution in [2.45, 2.75) is 34.1 Å². The minimum Gasteiger partial charge on any atom is -0.483 e. The summed E-state index contributed by atoms with van der Waals surface area (Å²) < 4.78 is 5.61. The molecular weight excluding hydrogens is 270 g/mol. The van der Waals surface area contributed by atoms with E-state index in [-0.39, 0.29) is 19.1 Å². The summed E-state index contributed by atoms with van der Waals surface area (Å²) in [4.78, 5) is 24.2. The first-order chi connectivity index (χ1) is 9.85. The molecule has 5 heteroatoms. The number of carboxylic acid groups (broad SMARTS) is 1. The fraction of sp³-hybridized carbons (Fsp3) is 0.500. The van der Waals surface area contributed by atoms with Crippen molar-refractivity contribution in [2.24, 2.45) is 0 Å². The van der Waals surface area contributed by atoms with Gasteiger partial charge in [-0.25, -0.2) is 0 Å². The largest absolute Gasteiger partial charge is 0.483 e. The van der Waals surface area contributed by atoms with Crippen LogP contribution in [0.1, 0.15) is 30.0 Å². The molecule has 0 unspecified atom stereocenters. The van der Waals surface area contributed by atoms with E-state index in [4.69, 9.17) is 9.84 Å². The number of nitrogens with zero attached hydrogens (tertiary/aromatic N) is 1. The smallest absolute Gasteiger partial charge is 0.323 e. The van der Waals surface area contributed by atoms with Crippen LogP contribution in [0.4, 0.5) is 0 Å². The quantitative estimate of drug-likeness (QED) is 0.837. The zero-order valence-corrected chi connectivity index (χ0v) is 13.1. The molecule has 21 heavy (non-hydrogen) atoms. The molecule has 1 amide bonds. The van der Waals surface area contributed by atoms with E-state index in [2.05, 4.69) is 0 Å². The highest BCUT2D eigenvalue weighted by Gasteiger charge is 2.17. The lowest BCUT2D eigenvalue weighted by atomic mass is 10.1. The van der Waals surface area contributed by atoms with E-state index in [1.165, 1.54) is 4.90 Å². The fourth-order valence-electron chi connectivity index (χ4n) is 2.34. The summed E-state index contributed by atoms with van der Waals surface area (Å²) >= 11 is 0. The third-order valence-corrected chi connectivity index (χ3v) is 3.12. The predicted molar refractivity (Wildman–Crippen MR) is 80.7 cm³/mol. The Morgan fingerprint density at radius 3 is 2.24 bits per heavy atom. The average Bonchev–Trinajstić information content (AvgIpc) is 2.36. The molecule has 1 aromatic carbocycles. The van der Waals surface area contributed by atoms with E-state index >= 15 is 0 Å². The molecule has 0 heterocycles. The topological polar surface area (TPSA) is 66.8 Å². The van der Waals surface area contributed by atoms with Crippen molar-refractivity contribution in [1.29, 1.82) is 0 Å². The minimum absolute atomic E-state index is 0.141. The number of rotatable bonds is 7. The van der Waals surface area contributed by atoms with Crippen molar-refractivity contribution in [3.8, 4) is 5.75 Å². The van der Waals surface area contributed by atoms with Crippen molar-refractivity contribution in [2.75, 3.05) is 19.7 Å². The molecule has 0 aliphatic heterocycles. The second-order valence-electron chi connectivity index (χ2n) is 5.23. The van der Waals surface area contributed by atoms with E-state index in [1.54, 1.807) is 0 Å². The van der Waals surface area contributed by atoms with Crippen LogP contribution >= 0.6 is 0 Å². The summed E-state index contributed by atoms with van der Waals surface area (Å²) in [5, 5.41) is 8.83. The number of carbonyl (C=O) groups is 2. The lowest BCUT2D eigenvalue weighted by Gasteiger charge is -2.21. The van der Waals surface area contributed by atoms with Gasteiger partial charge in [-0.1, -0.05) is 24.6 Å². The van der Waals surface area contributed by atoms with Crippen LogP contribution in [0.2, 0.25) is 0 Å². The molecule has 0 aliphatic carbocycles. The Morgan fingerprint density at radius 1 is 1.19 bits per heavy atom. The van der Waals surface area contributed by atoms with E-state index in [0.29, 0.717) is 18.7 Å². The first kappa shape index (κ1) is 17.0. The molecule has 0 aromatic heterocycles. The molecule has 1 rings (SSSR count). The van der Waals surface area contributed by atoms with Gasteiger partial charge in [0.05, 0.1) is 0 Å². The summed E-state index contributed by atoms with van der Waals surface area (Å²) in [6.07, 6.45) is 0.710. The molecular formula is C16H23NO4. The summed E-state index contributed by atoms with van der Waals surface area (Å²) in [7, 11) is 0. The van der Waals surface area contributed by atoms with Gasteiger partial charge in [0.25, 0.3) is 5.91 Å². The highest BCUT2D eigenvalue weighted by Crippen LogP contribution is 2.24. The Kier molecular flexibility index (Phi) is 6.21. The van der Waals surface area contributed by atoms with Crippen molar-refractivity contribution < 1.29 is 19.4 Å². The highest BCUT2D eigenvalue weighted by molar-refractivity contribution is 5.82. The van der Waals surface area contributed by atoms with Crippen molar-refractivity contribution in [3.05, 3.63) is 28.8 Å². The maximum absolute atomic E-state index is 12.1. The zero-order chi connectivity index (χ0) is 16.0. The predicted octanol–water partition coefficient (Wildman–Crippen LogP) is 2.31. The Labute approximate surface area is 125 Å². The van der Waals surface area contributed by atoms with E-state index in [9.17, 15) is 9.59 Å². The Morgan fingerprint density at radius 2 is 1.76 bits per heavy atom. The molecule has 1 N–H and O–H groups in total. The maximum atomic E-state index is 12.1. The lowest BCUT2D eigenvalue weighted by Crippen LogP contribution is -2.39. The third kappa shape index (κ3) is 5.10. The normalized spacial score (nSPS) is 10.3. The monoisotopic (exact) mass is 293 g/mol. The molecule has 5 nitrogen and oxygen atoms in total. The van der Waals surface area contributed by atoms with Gasteiger partial charge < -0.3 is 14.7 Å². The van der Waals surface area contributed by atoms with Gasteiger partial charge >= 0.3 is 5.97 Å². The number of aryl methyl sites for hydroxylation is 3. The number of hydrogen-bond donors (Lipinski definition) is 1. The van der Waals surface area contributed by atoms with E-state index in [1.807, 2.05) is 39.8 Å². The number of hydrogen-bond acceptors (Lipinski definition) is 3. The van der Waals surface area contributed by atoms with Crippen LogP contribution in [-0.4, -0.2) is 41.6 Å². The molecule has 0 bridgehead atoms. The van der Waals surface area contributed by atoms with Crippen LogP contribution in [-0.2, 0) is 9.59 Å². The number of ether oxygens (including phenoxy) is 1. The fourth-order valence-corrected chi connectivity index (χ4v) is 2.34. The molecule has 0 spiro atoms. The summed E-state index contributed by atoms with van der Waals surface area (Å²) in [5.41, 5.74) is 3.09. The molecule has 0 fully saturated rings. The lowest BCUT2D eigenvalue weighted by molar-refractivity contribution is -0.145. The van der Waals surface area contributed by atoms with Gasteiger partial charge in [-0.05, 0) is 38.3 Å². The van der Waals surface area contributed by atoms with Gasteiger partial charge in [-0.2, -0.15) is 0 Å². The van der Waals surface area contributed by atoms with Crippen LogP contribution in [0, 0.1) is 20.8 Å². The number of amides is 1. The molecule has 0 aliphatic rings. The number of carboxylic acids is 1. The third-order valence-electron chi connectivity index (χ3n) is 3.12. The van der Waals surface area contributed by atoms with Gasteiger partial charge in [0.15, 0.2) is 6.61 Å². The summed E-state index contributed by atoms with van der Waals surface area (Å²) in [6, 6.07) is 3.99. The van der Waals surface area contributed by atoms with Crippen LogP contribution in [0.15, 0.2) is 12.1 Å². The Balaban J connectivity index is 2.73. The van der Waals surface area contributed by atoms with Crippen molar-refractivity contribution in [1.82, 2.24) is 4.90 Å². The Hall–Kier alpha value is -2.04. The van der Waals surface area contributed by atoms with Gasteiger partial charge in [0, 0.05) is 6.54 Å². The van der Waals surface area contributed by atoms with Gasteiger partial charge in [0.1, 0.15) is 12.3 Å². The van der Waals surface area contributed by atoms with Crippen LogP contribution in [0.3, 0.4) is 0 Å². The summed E-state index contributed by atoms with van der Waals surface area (Å²) in [6.45, 7) is 7.75. The van der Waals surface area contributed by atoms with Crippen molar-refractivity contribution in [3.63, 3.8) is 0 Å². The molecule has 0 atom stereocenters. The van der Waals surface area contributed by atoms with Gasteiger partial charge in [0.2, 0.25) is 0 Å². The van der Waals surface area contributed by atoms with Crippen molar-refractivity contribution >= 4 is 11.9 Å². The highest BCUT2D eigenvalue weighted by atomic mass is 16.5. The van der Waals surface area contributed by atoms with Gasteiger partial charge in [-0.3, -0.25) is 9.59 Å². The average molecular weight is 293 g/mol. The summed E-state index contributed by atoms with van der Waals surface area (Å²) in [5.74, 6) is -0.626. The second-order valence-corrected chi connectivity index (χ2v) is 5.23. The maximum Gasteiger partial charge on any atom is 0.323 e.